The second kappa shape index (κ2) is 7.51. The molecule has 0 aromatic heterocycles. The van der Waals surface area contributed by atoms with Crippen LogP contribution in [0.25, 0.3) is 0 Å². The molecule has 0 saturated carbocycles. The normalized spacial score (nSPS) is 12.2. The Hall–Kier alpha value is -1.47. The van der Waals surface area contributed by atoms with Crippen molar-refractivity contribution in [1.82, 2.24) is 0 Å². The van der Waals surface area contributed by atoms with Crippen LogP contribution in [0.4, 0.5) is 5.69 Å². The molecule has 0 radical (unpaired) electrons. The van der Waals surface area contributed by atoms with Crippen molar-refractivity contribution >= 4 is 17.3 Å². The lowest BCUT2D eigenvalue weighted by molar-refractivity contribution is 0.793. The molecular formula is C19H24ClN. The molecule has 2 aromatic rings. The van der Waals surface area contributed by atoms with Crippen molar-refractivity contribution in [3.63, 3.8) is 0 Å². The van der Waals surface area contributed by atoms with Crippen molar-refractivity contribution in [2.24, 2.45) is 0 Å². The zero-order chi connectivity index (χ0) is 15.2. The molecule has 1 atom stereocenters. The maximum atomic E-state index is 6.08. The van der Waals surface area contributed by atoms with E-state index >= 15 is 0 Å². The first-order valence-electron chi connectivity index (χ1n) is 7.71. The molecule has 0 aliphatic heterocycles. The van der Waals surface area contributed by atoms with E-state index in [1.54, 1.807) is 0 Å². The zero-order valence-electron chi connectivity index (χ0n) is 13.1. The number of unbranched alkanes of at least 4 members (excludes halogenated alkanes) is 1. The molecule has 0 amide bonds. The maximum Gasteiger partial charge on any atom is 0.0485 e. The van der Waals surface area contributed by atoms with Crippen molar-refractivity contribution in [1.29, 1.82) is 0 Å². The molecule has 0 heterocycles. The predicted molar refractivity (Wildman–Crippen MR) is 93.3 cm³/mol. The minimum Gasteiger partial charge on any atom is -0.378 e. The fourth-order valence-electron chi connectivity index (χ4n) is 2.42. The van der Waals surface area contributed by atoms with Crippen LogP contribution in [0.15, 0.2) is 42.5 Å². The van der Waals surface area contributed by atoms with Gasteiger partial charge in [0.15, 0.2) is 0 Å². The number of halogens is 1. The molecule has 112 valence electrons. The van der Waals surface area contributed by atoms with Gasteiger partial charge in [-0.1, -0.05) is 55.3 Å². The van der Waals surface area contributed by atoms with Gasteiger partial charge in [0.2, 0.25) is 0 Å². The van der Waals surface area contributed by atoms with E-state index in [9.17, 15) is 0 Å². The summed E-state index contributed by atoms with van der Waals surface area (Å²) in [5, 5.41) is 4.31. The molecule has 1 N–H and O–H groups in total. The van der Waals surface area contributed by atoms with Crippen molar-refractivity contribution < 1.29 is 0 Å². The SMILES string of the molecule is CCCCc1ccc(C(C)Nc2cc(Cl)ccc2C)cc1. The standard InChI is InChI=1S/C19H24ClN/c1-4-5-6-16-8-10-17(11-9-16)15(3)21-19-13-18(20)12-7-14(19)2/h7-13,15,21H,4-6H2,1-3H3. The van der Waals surface area contributed by atoms with Crippen LogP contribution in [0.5, 0.6) is 0 Å². The van der Waals surface area contributed by atoms with Crippen LogP contribution in [-0.4, -0.2) is 0 Å². The molecular weight excluding hydrogens is 278 g/mol. The van der Waals surface area contributed by atoms with Crippen LogP contribution in [0, 0.1) is 6.92 Å². The molecule has 1 unspecified atom stereocenters. The van der Waals surface area contributed by atoms with Gasteiger partial charge in [-0.2, -0.15) is 0 Å². The molecule has 2 heteroatoms. The number of hydrogen-bond donors (Lipinski definition) is 1. The van der Waals surface area contributed by atoms with Gasteiger partial charge in [0, 0.05) is 16.8 Å². The summed E-state index contributed by atoms with van der Waals surface area (Å²) in [5.74, 6) is 0. The molecule has 0 aliphatic rings. The molecule has 0 saturated heterocycles. The molecule has 1 nitrogen and oxygen atoms in total. The summed E-state index contributed by atoms with van der Waals surface area (Å²) in [5.41, 5.74) is 5.04. The molecule has 21 heavy (non-hydrogen) atoms. The third-order valence-electron chi connectivity index (χ3n) is 3.87. The Morgan fingerprint density at radius 1 is 1.10 bits per heavy atom. The Balaban J connectivity index is 2.05. The van der Waals surface area contributed by atoms with Crippen molar-refractivity contribution in [3.05, 3.63) is 64.2 Å². The Bertz CT molecular complexity index is 575. The number of aryl methyl sites for hydroxylation is 2. The number of benzene rings is 2. The minimum atomic E-state index is 0.266. The number of rotatable bonds is 6. The van der Waals surface area contributed by atoms with Crippen molar-refractivity contribution in [2.45, 2.75) is 46.1 Å². The molecule has 0 aliphatic carbocycles. The van der Waals surface area contributed by atoms with Gasteiger partial charge in [-0.3, -0.25) is 0 Å². The van der Waals surface area contributed by atoms with Gasteiger partial charge >= 0.3 is 0 Å². The second-order valence-corrected chi connectivity index (χ2v) is 6.11. The quantitative estimate of drug-likeness (QED) is 0.673. The highest BCUT2D eigenvalue weighted by atomic mass is 35.5. The van der Waals surface area contributed by atoms with Gasteiger partial charge in [-0.25, -0.2) is 0 Å². The molecule has 2 rings (SSSR count). The summed E-state index contributed by atoms with van der Waals surface area (Å²) >= 11 is 6.08. The smallest absolute Gasteiger partial charge is 0.0485 e. The van der Waals surface area contributed by atoms with E-state index < -0.39 is 0 Å². The second-order valence-electron chi connectivity index (χ2n) is 5.67. The highest BCUT2D eigenvalue weighted by Crippen LogP contribution is 2.25. The first-order chi connectivity index (χ1) is 10.1. The largest absolute Gasteiger partial charge is 0.378 e. The topological polar surface area (TPSA) is 12.0 Å². The highest BCUT2D eigenvalue weighted by molar-refractivity contribution is 6.30. The van der Waals surface area contributed by atoms with Gasteiger partial charge in [-0.15, -0.1) is 0 Å². The summed E-state index contributed by atoms with van der Waals surface area (Å²) < 4.78 is 0. The lowest BCUT2D eigenvalue weighted by Crippen LogP contribution is -2.07. The number of anilines is 1. The highest BCUT2D eigenvalue weighted by Gasteiger charge is 2.07. The first kappa shape index (κ1) is 15.9. The van der Waals surface area contributed by atoms with Crippen molar-refractivity contribution in [3.8, 4) is 0 Å². The fraction of sp³-hybridized carbons (Fsp3) is 0.368. The van der Waals surface area contributed by atoms with E-state index in [0.717, 1.165) is 10.7 Å². The molecule has 0 bridgehead atoms. The van der Waals surface area contributed by atoms with Gasteiger partial charge in [-0.05, 0) is 55.5 Å². The van der Waals surface area contributed by atoms with Gasteiger partial charge < -0.3 is 5.32 Å². The minimum absolute atomic E-state index is 0.266. The maximum absolute atomic E-state index is 6.08. The Kier molecular flexibility index (Phi) is 5.69. The van der Waals surface area contributed by atoms with E-state index in [2.05, 4.69) is 50.4 Å². The Morgan fingerprint density at radius 3 is 2.48 bits per heavy atom. The zero-order valence-corrected chi connectivity index (χ0v) is 13.9. The van der Waals surface area contributed by atoms with Gasteiger partial charge in [0.1, 0.15) is 0 Å². The lowest BCUT2D eigenvalue weighted by Gasteiger charge is -2.18. The van der Waals surface area contributed by atoms with Crippen LogP contribution >= 0.6 is 11.6 Å². The number of nitrogens with one attached hydrogen (secondary N) is 1. The molecule has 0 fully saturated rings. The summed E-state index contributed by atoms with van der Waals surface area (Å²) in [6.07, 6.45) is 3.68. The van der Waals surface area contributed by atoms with E-state index in [1.807, 2.05) is 18.2 Å². The Labute approximate surface area is 133 Å². The van der Waals surface area contributed by atoms with E-state index in [-0.39, 0.29) is 6.04 Å². The monoisotopic (exact) mass is 301 g/mol. The van der Waals surface area contributed by atoms with E-state index in [4.69, 9.17) is 11.6 Å². The Morgan fingerprint density at radius 2 is 1.81 bits per heavy atom. The average molecular weight is 302 g/mol. The summed E-state index contributed by atoms with van der Waals surface area (Å²) in [6, 6.07) is 15.2. The lowest BCUT2D eigenvalue weighted by atomic mass is 10.0. The van der Waals surface area contributed by atoms with Crippen LogP contribution in [0.1, 0.15) is 49.4 Å². The molecule has 2 aromatic carbocycles. The fourth-order valence-corrected chi connectivity index (χ4v) is 2.59. The van der Waals surface area contributed by atoms with Crippen LogP contribution in [-0.2, 0) is 6.42 Å². The van der Waals surface area contributed by atoms with Crippen LogP contribution in [0.2, 0.25) is 5.02 Å². The van der Waals surface area contributed by atoms with E-state index in [0.29, 0.717) is 0 Å². The summed E-state index contributed by atoms with van der Waals surface area (Å²) in [4.78, 5) is 0. The van der Waals surface area contributed by atoms with Crippen molar-refractivity contribution in [2.75, 3.05) is 5.32 Å². The van der Waals surface area contributed by atoms with Crippen LogP contribution in [0.3, 0.4) is 0 Å². The third kappa shape index (κ3) is 4.50. The average Bonchev–Trinajstić information content (AvgIpc) is 2.49. The summed E-state index contributed by atoms with van der Waals surface area (Å²) in [7, 11) is 0. The van der Waals surface area contributed by atoms with Gasteiger partial charge in [0.05, 0.1) is 0 Å². The first-order valence-corrected chi connectivity index (χ1v) is 8.09. The molecule has 0 spiro atoms. The third-order valence-corrected chi connectivity index (χ3v) is 4.11. The van der Waals surface area contributed by atoms with Crippen LogP contribution < -0.4 is 5.32 Å². The predicted octanol–water partition coefficient (Wildman–Crippen LogP) is 6.16. The summed E-state index contributed by atoms with van der Waals surface area (Å²) in [6.45, 7) is 6.51. The van der Waals surface area contributed by atoms with Gasteiger partial charge in [0.25, 0.3) is 0 Å². The number of hydrogen-bond acceptors (Lipinski definition) is 1. The van der Waals surface area contributed by atoms with E-state index in [1.165, 1.54) is 36.0 Å².